The molecule has 296 valence electrons. The van der Waals surface area contributed by atoms with E-state index in [2.05, 4.69) is 40.3 Å². The third-order valence-electron chi connectivity index (χ3n) is 11.0. The lowest BCUT2D eigenvalue weighted by Crippen LogP contribution is -2.54. The predicted octanol–water partition coefficient (Wildman–Crippen LogP) is 6.40. The normalized spacial score (nSPS) is 20.6. The molecule has 2 fully saturated rings. The standard InChI is InChI=1S/C42H56N6O7/c1-25(2)37(45-41(52)54-6)40(51)47-22-10-13-36(47)35-23-32(24-43-35)31-20-18-30(19-21-31)29-16-14-28(15-17-29)27(5)44-38(49)33-11-8-9-12-34(33)39(50)48(26(3)4)46-42(53)55-7/h14-21,24-27,33-34,36-37H,8-13,22-23H2,1-7H3,(H,44,49)(H,45,52)(H,46,53)/t27-,33?,34+,36-,37-/m0/s1. The van der Waals surface area contributed by atoms with Gasteiger partial charge in [-0.2, -0.15) is 0 Å². The second-order valence-corrected chi connectivity index (χ2v) is 15.3. The van der Waals surface area contributed by atoms with Gasteiger partial charge in [0, 0.05) is 36.8 Å². The maximum Gasteiger partial charge on any atom is 0.425 e. The molecule has 0 spiro atoms. The molecule has 5 rings (SSSR count). The zero-order valence-corrected chi connectivity index (χ0v) is 33.1. The molecule has 3 N–H and O–H groups in total. The van der Waals surface area contributed by atoms with Crippen LogP contribution in [0, 0.1) is 17.8 Å². The number of carbonyl (C=O) groups excluding carboxylic acids is 5. The first-order chi connectivity index (χ1) is 26.3. The number of amides is 5. The van der Waals surface area contributed by atoms with Crippen LogP contribution in [0.3, 0.4) is 0 Å². The quantitative estimate of drug-likeness (QED) is 0.224. The number of methoxy groups -OCH3 is 2. The van der Waals surface area contributed by atoms with Crippen molar-refractivity contribution in [2.45, 2.75) is 104 Å². The van der Waals surface area contributed by atoms with Crippen LogP contribution in [-0.2, 0) is 23.9 Å². The van der Waals surface area contributed by atoms with E-state index in [4.69, 9.17) is 14.5 Å². The maximum atomic E-state index is 13.6. The first-order valence-corrected chi connectivity index (χ1v) is 19.4. The number of allylic oxidation sites excluding steroid dienone is 1. The molecule has 13 heteroatoms. The lowest BCUT2D eigenvalue weighted by atomic mass is 9.77. The first kappa shape index (κ1) is 41.0. The lowest BCUT2D eigenvalue weighted by molar-refractivity contribution is -0.147. The van der Waals surface area contributed by atoms with Gasteiger partial charge in [0.25, 0.3) is 0 Å². The number of carbonyl (C=O) groups is 5. The molecule has 55 heavy (non-hydrogen) atoms. The van der Waals surface area contributed by atoms with E-state index in [1.54, 1.807) is 13.8 Å². The van der Waals surface area contributed by atoms with E-state index in [-0.39, 0.29) is 41.8 Å². The Morgan fingerprint density at radius 2 is 1.36 bits per heavy atom. The van der Waals surface area contributed by atoms with Crippen LogP contribution in [0.4, 0.5) is 9.59 Å². The van der Waals surface area contributed by atoms with Gasteiger partial charge in [-0.25, -0.2) is 20.0 Å². The molecule has 3 aliphatic rings. The highest BCUT2D eigenvalue weighted by molar-refractivity contribution is 6.04. The Bertz CT molecular complexity index is 1770. The summed E-state index contributed by atoms with van der Waals surface area (Å²) in [5.74, 6) is -1.68. The summed E-state index contributed by atoms with van der Waals surface area (Å²) in [6.07, 6.45) is 5.80. The second-order valence-electron chi connectivity index (χ2n) is 15.3. The van der Waals surface area contributed by atoms with Crippen molar-refractivity contribution >= 4 is 41.2 Å². The van der Waals surface area contributed by atoms with Crippen LogP contribution in [0.25, 0.3) is 16.7 Å². The van der Waals surface area contributed by atoms with Gasteiger partial charge in [0.1, 0.15) is 6.04 Å². The zero-order valence-electron chi connectivity index (χ0n) is 33.1. The molecule has 1 saturated heterocycles. The average Bonchev–Trinajstić information content (AvgIpc) is 3.89. The van der Waals surface area contributed by atoms with Gasteiger partial charge in [-0.15, -0.1) is 0 Å². The van der Waals surface area contributed by atoms with E-state index < -0.39 is 30.1 Å². The van der Waals surface area contributed by atoms with Crippen molar-refractivity contribution in [3.63, 3.8) is 0 Å². The highest BCUT2D eigenvalue weighted by Crippen LogP contribution is 2.34. The average molecular weight is 757 g/mol. The fourth-order valence-corrected chi connectivity index (χ4v) is 7.83. The minimum Gasteiger partial charge on any atom is -0.453 e. The van der Waals surface area contributed by atoms with E-state index in [0.717, 1.165) is 59.2 Å². The largest absolute Gasteiger partial charge is 0.453 e. The Balaban J connectivity index is 1.17. The van der Waals surface area contributed by atoms with Gasteiger partial charge in [0.05, 0.1) is 32.2 Å². The van der Waals surface area contributed by atoms with Crippen LogP contribution in [-0.4, -0.2) is 84.4 Å². The van der Waals surface area contributed by atoms with Gasteiger partial charge in [0.2, 0.25) is 17.7 Å². The monoisotopic (exact) mass is 756 g/mol. The SMILES string of the molecule is COC(=O)N[C@H](C(=O)N1CCC[C@H]1C1=NC=C(c2ccc(-c3ccc([C@H](C)NC(=O)C4CCCC[C@H]4C(=O)N(NC(=O)OC)C(C)C)cc3)cc2)C1)C(C)C. The summed E-state index contributed by atoms with van der Waals surface area (Å²) in [4.78, 5) is 71.2. The highest BCUT2D eigenvalue weighted by atomic mass is 16.5. The van der Waals surface area contributed by atoms with Gasteiger partial charge in [0.15, 0.2) is 0 Å². The second kappa shape index (κ2) is 18.4. The Hall–Kier alpha value is -5.20. The summed E-state index contributed by atoms with van der Waals surface area (Å²) in [5.41, 5.74) is 8.67. The van der Waals surface area contributed by atoms with Crippen LogP contribution >= 0.6 is 0 Å². The van der Waals surface area contributed by atoms with Crippen LogP contribution in [0.1, 0.15) is 96.7 Å². The van der Waals surface area contributed by atoms with Gasteiger partial charge >= 0.3 is 12.2 Å². The molecule has 5 amide bonds. The molecule has 0 bridgehead atoms. The number of nitrogens with one attached hydrogen (secondary N) is 3. The van der Waals surface area contributed by atoms with E-state index in [1.165, 1.54) is 19.2 Å². The summed E-state index contributed by atoms with van der Waals surface area (Å²) in [6.45, 7) is 9.99. The van der Waals surface area contributed by atoms with Crippen molar-refractivity contribution in [1.82, 2.24) is 26.0 Å². The zero-order chi connectivity index (χ0) is 39.8. The molecular formula is C42H56N6O7. The first-order valence-electron chi connectivity index (χ1n) is 19.4. The number of rotatable bonds is 11. The molecule has 1 saturated carbocycles. The van der Waals surface area contributed by atoms with Crippen molar-refractivity contribution in [2.24, 2.45) is 22.7 Å². The minimum atomic E-state index is -0.725. The molecule has 5 atom stereocenters. The molecule has 1 aliphatic carbocycles. The van der Waals surface area contributed by atoms with Crippen molar-refractivity contribution < 1.29 is 33.4 Å². The number of aliphatic imine (C=N–C) groups is 1. The third-order valence-corrected chi connectivity index (χ3v) is 11.0. The molecule has 0 aromatic heterocycles. The van der Waals surface area contributed by atoms with Crippen molar-refractivity contribution in [1.29, 1.82) is 0 Å². The summed E-state index contributed by atoms with van der Waals surface area (Å²) < 4.78 is 9.46. The fourth-order valence-electron chi connectivity index (χ4n) is 7.83. The number of benzene rings is 2. The summed E-state index contributed by atoms with van der Waals surface area (Å²) in [6, 6.07) is 15.1. The predicted molar refractivity (Wildman–Crippen MR) is 210 cm³/mol. The molecule has 1 unspecified atom stereocenters. The Morgan fingerprint density at radius 1 is 0.764 bits per heavy atom. The number of nitrogens with zero attached hydrogens (tertiary/aromatic N) is 3. The summed E-state index contributed by atoms with van der Waals surface area (Å²) in [5, 5.41) is 7.12. The van der Waals surface area contributed by atoms with Crippen molar-refractivity contribution in [3.8, 4) is 11.1 Å². The van der Waals surface area contributed by atoms with Gasteiger partial charge in [-0.05, 0) is 80.2 Å². The Labute approximate surface area is 324 Å². The highest BCUT2D eigenvalue weighted by Gasteiger charge is 2.40. The van der Waals surface area contributed by atoms with E-state index in [9.17, 15) is 24.0 Å². The molecule has 13 nitrogen and oxygen atoms in total. The van der Waals surface area contributed by atoms with Crippen molar-refractivity contribution in [2.75, 3.05) is 20.8 Å². The molecule has 2 heterocycles. The topological polar surface area (TPSA) is 159 Å². The Kier molecular flexibility index (Phi) is 13.7. The molecule has 2 aliphatic heterocycles. The number of hydrazine groups is 1. The smallest absolute Gasteiger partial charge is 0.425 e. The van der Waals surface area contributed by atoms with E-state index >= 15 is 0 Å². The Morgan fingerprint density at radius 3 is 1.96 bits per heavy atom. The molecule has 2 aromatic rings. The number of hydrogen-bond acceptors (Lipinski definition) is 8. The summed E-state index contributed by atoms with van der Waals surface area (Å²) in [7, 11) is 2.54. The van der Waals surface area contributed by atoms with Crippen molar-refractivity contribution in [3.05, 3.63) is 65.9 Å². The van der Waals surface area contributed by atoms with Crippen LogP contribution in [0.15, 0.2) is 59.7 Å². The van der Waals surface area contributed by atoms with Gasteiger partial charge < -0.3 is 25.0 Å². The van der Waals surface area contributed by atoms with Gasteiger partial charge in [-0.3, -0.25) is 19.4 Å². The number of alkyl carbamates (subject to hydrolysis) is 1. The summed E-state index contributed by atoms with van der Waals surface area (Å²) >= 11 is 0. The van der Waals surface area contributed by atoms with Gasteiger partial charge in [-0.1, -0.05) is 75.2 Å². The third kappa shape index (κ3) is 9.73. The van der Waals surface area contributed by atoms with E-state index in [0.29, 0.717) is 25.8 Å². The maximum absolute atomic E-state index is 13.6. The minimum absolute atomic E-state index is 0.0922. The van der Waals surface area contributed by atoms with Crippen LogP contribution < -0.4 is 16.1 Å². The fraction of sp³-hybridized carbons (Fsp3) is 0.524. The molecule has 2 aromatic carbocycles. The lowest BCUT2D eigenvalue weighted by Gasteiger charge is -2.35. The molecule has 0 radical (unpaired) electrons. The number of hydrogen-bond donors (Lipinski definition) is 3. The number of likely N-dealkylation sites (tertiary alicyclic amines) is 1. The van der Waals surface area contributed by atoms with Crippen LogP contribution in [0.2, 0.25) is 0 Å². The van der Waals surface area contributed by atoms with E-state index in [1.807, 2.05) is 56.1 Å². The van der Waals surface area contributed by atoms with Crippen LogP contribution in [0.5, 0.6) is 0 Å². The number of ether oxygens (including phenoxy) is 2. The molecular weight excluding hydrogens is 700 g/mol.